The first kappa shape index (κ1) is 19.3. The Labute approximate surface area is 166 Å². The minimum Gasteiger partial charge on any atom is -0.352 e. The number of benzene rings is 1. The average molecular weight is 401 g/mol. The molecule has 0 saturated carbocycles. The van der Waals surface area contributed by atoms with Crippen LogP contribution in [0.5, 0.6) is 0 Å². The Hall–Kier alpha value is -2.45. The van der Waals surface area contributed by atoms with Crippen molar-refractivity contribution >= 4 is 46.7 Å². The summed E-state index contributed by atoms with van der Waals surface area (Å²) >= 11 is 6.00. The van der Waals surface area contributed by atoms with E-state index >= 15 is 0 Å². The van der Waals surface area contributed by atoms with Crippen molar-refractivity contribution in [3.05, 3.63) is 52.1 Å². The molecule has 0 saturated heterocycles. The van der Waals surface area contributed by atoms with Crippen LogP contribution in [-0.4, -0.2) is 34.9 Å². The molecule has 0 aliphatic rings. The van der Waals surface area contributed by atoms with Crippen molar-refractivity contribution in [2.24, 2.45) is 0 Å². The van der Waals surface area contributed by atoms with E-state index in [2.05, 4.69) is 33.2 Å². The van der Waals surface area contributed by atoms with E-state index in [4.69, 9.17) is 0 Å². The molecule has 6 nitrogen and oxygen atoms in total. The van der Waals surface area contributed by atoms with Gasteiger partial charge in [-0.2, -0.15) is 0 Å². The smallest absolute Gasteiger partial charge is 0.252 e. The maximum Gasteiger partial charge on any atom is 0.252 e. The highest BCUT2D eigenvalue weighted by Crippen LogP contribution is 2.23. The number of aromatic nitrogens is 2. The van der Waals surface area contributed by atoms with Gasteiger partial charge in [0, 0.05) is 53.1 Å². The molecule has 2 heterocycles. The van der Waals surface area contributed by atoms with E-state index in [9.17, 15) is 9.59 Å². The molecular formula is C19H20N4O2S2. The summed E-state index contributed by atoms with van der Waals surface area (Å²) in [6.45, 7) is 3.11. The maximum absolute atomic E-state index is 12.4. The van der Waals surface area contributed by atoms with Crippen LogP contribution < -0.4 is 10.6 Å². The molecule has 0 fully saturated rings. The highest BCUT2D eigenvalue weighted by Gasteiger charge is 2.12. The number of carbonyl (C=O) groups is 2. The van der Waals surface area contributed by atoms with Crippen LogP contribution in [-0.2, 0) is 6.42 Å². The van der Waals surface area contributed by atoms with Crippen LogP contribution in [0.15, 0.2) is 40.9 Å². The number of nitrogens with zero attached hydrogens (tertiary/aromatic N) is 2. The molecule has 3 aromatic rings. The number of thiol groups is 1. The number of hydrogen-bond acceptors (Lipinski definition) is 6. The van der Waals surface area contributed by atoms with Crippen LogP contribution in [0.25, 0.3) is 10.9 Å². The molecule has 0 aliphatic carbocycles. The summed E-state index contributed by atoms with van der Waals surface area (Å²) in [6.07, 6.45) is 4.82. The fraction of sp³-hybridized carbons (Fsp3) is 0.263. The number of nitrogens with one attached hydrogen (secondary N) is 2. The molecule has 8 heteroatoms. The number of hydrogen-bond donors (Lipinski definition) is 3. The molecule has 3 rings (SSSR count). The number of amides is 2. The van der Waals surface area contributed by atoms with Crippen molar-refractivity contribution in [2.45, 2.75) is 24.7 Å². The van der Waals surface area contributed by atoms with Crippen LogP contribution in [0.2, 0.25) is 0 Å². The summed E-state index contributed by atoms with van der Waals surface area (Å²) in [6, 6.07) is 5.16. The van der Waals surface area contributed by atoms with E-state index in [1.165, 1.54) is 6.20 Å². The standard InChI is InChI=1S/C19H20N4O2S2/c1-2-4-21-18(24)13-8-12-9-14(11-23-17(12)15(26)10-13)19(25)22-5-3-16-20-6-7-27-16/h6-11,26H,2-5H2,1H3,(H,21,24)(H,22,25). The highest BCUT2D eigenvalue weighted by molar-refractivity contribution is 7.80. The zero-order valence-electron chi connectivity index (χ0n) is 14.9. The first-order valence-electron chi connectivity index (χ1n) is 8.66. The molecule has 1 aromatic carbocycles. The Morgan fingerprint density at radius 1 is 1.07 bits per heavy atom. The van der Waals surface area contributed by atoms with Crippen LogP contribution in [0.3, 0.4) is 0 Å². The number of pyridine rings is 1. The van der Waals surface area contributed by atoms with Crippen molar-refractivity contribution in [2.75, 3.05) is 13.1 Å². The third kappa shape index (κ3) is 4.84. The highest BCUT2D eigenvalue weighted by atomic mass is 32.1. The van der Waals surface area contributed by atoms with E-state index < -0.39 is 0 Å². The molecule has 0 atom stereocenters. The lowest BCUT2D eigenvalue weighted by atomic mass is 10.1. The second-order valence-corrected chi connectivity index (χ2v) is 7.44. The Bertz CT molecular complexity index is 958. The predicted molar refractivity (Wildman–Crippen MR) is 110 cm³/mol. The lowest BCUT2D eigenvalue weighted by molar-refractivity contribution is 0.0946. The van der Waals surface area contributed by atoms with Gasteiger partial charge in [0.1, 0.15) is 0 Å². The molecule has 0 unspecified atom stereocenters. The average Bonchev–Trinajstić information content (AvgIpc) is 3.19. The predicted octanol–water partition coefficient (Wildman–Crippen LogP) is 3.09. The lowest BCUT2D eigenvalue weighted by Crippen LogP contribution is -2.26. The van der Waals surface area contributed by atoms with E-state index in [0.29, 0.717) is 46.4 Å². The van der Waals surface area contributed by atoms with Crippen molar-refractivity contribution in [3.8, 4) is 0 Å². The minimum atomic E-state index is -0.206. The Balaban J connectivity index is 1.76. The maximum atomic E-state index is 12.4. The molecule has 27 heavy (non-hydrogen) atoms. The summed E-state index contributed by atoms with van der Waals surface area (Å²) in [7, 11) is 0. The Morgan fingerprint density at radius 2 is 1.81 bits per heavy atom. The van der Waals surface area contributed by atoms with Gasteiger partial charge in [0.05, 0.1) is 16.1 Å². The van der Waals surface area contributed by atoms with E-state index in [1.807, 2.05) is 12.3 Å². The zero-order valence-corrected chi connectivity index (χ0v) is 16.6. The Kier molecular flexibility index (Phi) is 6.41. The van der Waals surface area contributed by atoms with Gasteiger partial charge < -0.3 is 10.6 Å². The van der Waals surface area contributed by atoms with Crippen molar-refractivity contribution in [1.29, 1.82) is 0 Å². The summed E-state index contributed by atoms with van der Waals surface area (Å²) < 4.78 is 0. The van der Waals surface area contributed by atoms with Crippen LogP contribution in [0, 0.1) is 0 Å². The first-order chi connectivity index (χ1) is 13.1. The fourth-order valence-electron chi connectivity index (χ4n) is 2.59. The fourth-order valence-corrected chi connectivity index (χ4v) is 3.53. The molecule has 0 bridgehead atoms. The van der Waals surface area contributed by atoms with Crippen molar-refractivity contribution in [1.82, 2.24) is 20.6 Å². The molecule has 0 aliphatic heterocycles. The van der Waals surface area contributed by atoms with Gasteiger partial charge in [-0.1, -0.05) is 6.92 Å². The van der Waals surface area contributed by atoms with Gasteiger partial charge in [-0.05, 0) is 24.6 Å². The Morgan fingerprint density at radius 3 is 2.56 bits per heavy atom. The van der Waals surface area contributed by atoms with Crippen LogP contribution in [0.1, 0.15) is 39.1 Å². The molecule has 0 spiro atoms. The third-order valence-corrected chi connectivity index (χ3v) is 5.11. The lowest BCUT2D eigenvalue weighted by Gasteiger charge is -2.09. The summed E-state index contributed by atoms with van der Waals surface area (Å²) in [5, 5.41) is 9.31. The number of thiazole rings is 1. The molecular weight excluding hydrogens is 380 g/mol. The van der Waals surface area contributed by atoms with Gasteiger partial charge in [0.25, 0.3) is 11.8 Å². The topological polar surface area (TPSA) is 84.0 Å². The third-order valence-electron chi connectivity index (χ3n) is 3.93. The molecule has 2 aromatic heterocycles. The van der Waals surface area contributed by atoms with E-state index in [-0.39, 0.29) is 11.8 Å². The van der Waals surface area contributed by atoms with Crippen LogP contribution >= 0.6 is 24.0 Å². The second kappa shape index (κ2) is 8.96. The summed E-state index contributed by atoms with van der Waals surface area (Å²) in [4.78, 5) is 33.8. The van der Waals surface area contributed by atoms with Gasteiger partial charge in [0.2, 0.25) is 0 Å². The number of rotatable bonds is 7. The van der Waals surface area contributed by atoms with Crippen LogP contribution in [0.4, 0.5) is 0 Å². The number of fused-ring (bicyclic) bond motifs is 1. The van der Waals surface area contributed by atoms with Gasteiger partial charge in [0.15, 0.2) is 0 Å². The van der Waals surface area contributed by atoms with Crippen molar-refractivity contribution in [3.63, 3.8) is 0 Å². The van der Waals surface area contributed by atoms with Gasteiger partial charge in [-0.3, -0.25) is 14.6 Å². The summed E-state index contributed by atoms with van der Waals surface area (Å²) in [5.41, 5.74) is 1.61. The molecule has 2 N–H and O–H groups in total. The molecule has 0 radical (unpaired) electrons. The first-order valence-corrected chi connectivity index (χ1v) is 9.98. The molecule has 2 amide bonds. The second-order valence-electron chi connectivity index (χ2n) is 5.98. The van der Waals surface area contributed by atoms with E-state index in [1.54, 1.807) is 35.7 Å². The van der Waals surface area contributed by atoms with E-state index in [0.717, 1.165) is 11.4 Å². The quantitative estimate of drug-likeness (QED) is 0.532. The van der Waals surface area contributed by atoms with Gasteiger partial charge in [-0.15, -0.1) is 24.0 Å². The van der Waals surface area contributed by atoms with Gasteiger partial charge >= 0.3 is 0 Å². The molecule has 140 valence electrons. The van der Waals surface area contributed by atoms with Crippen molar-refractivity contribution < 1.29 is 9.59 Å². The number of carbonyl (C=O) groups excluding carboxylic acids is 2. The monoisotopic (exact) mass is 400 g/mol. The minimum absolute atomic E-state index is 0.160. The SMILES string of the molecule is CCCNC(=O)c1cc(S)c2ncc(C(=O)NCCc3nccs3)cc2c1. The zero-order chi connectivity index (χ0) is 19.2. The largest absolute Gasteiger partial charge is 0.352 e. The normalized spacial score (nSPS) is 10.7. The van der Waals surface area contributed by atoms with Gasteiger partial charge in [-0.25, -0.2) is 4.98 Å². The summed E-state index contributed by atoms with van der Waals surface area (Å²) in [5.74, 6) is -0.366.